The van der Waals surface area contributed by atoms with Gasteiger partial charge < -0.3 is 14.5 Å². The van der Waals surface area contributed by atoms with E-state index in [9.17, 15) is 14.0 Å². The summed E-state index contributed by atoms with van der Waals surface area (Å²) in [4.78, 5) is 40.1. The highest BCUT2D eigenvalue weighted by molar-refractivity contribution is 6.33. The molecule has 43 heavy (non-hydrogen) atoms. The van der Waals surface area contributed by atoms with Crippen LogP contribution in [0.25, 0.3) is 28.0 Å². The molecule has 0 aliphatic carbocycles. The number of pyridine rings is 1. The third kappa shape index (κ3) is 5.95. The van der Waals surface area contributed by atoms with E-state index in [1.54, 1.807) is 29.2 Å². The molecule has 0 unspecified atom stereocenters. The molecule has 2 aromatic carbocycles. The fourth-order valence-electron chi connectivity index (χ4n) is 5.56. The van der Waals surface area contributed by atoms with Crippen molar-refractivity contribution in [2.75, 3.05) is 18.0 Å². The number of hydrogen-bond acceptors (Lipinski definition) is 6. The highest BCUT2D eigenvalue weighted by atomic mass is 35.5. The Bertz CT molecular complexity index is 1750. The van der Waals surface area contributed by atoms with Crippen LogP contribution in [0.15, 0.2) is 59.4 Å². The first-order valence-electron chi connectivity index (χ1n) is 14.5. The minimum atomic E-state index is -0.621. The summed E-state index contributed by atoms with van der Waals surface area (Å²) in [5.74, 6) is 0.0524. The van der Waals surface area contributed by atoms with Gasteiger partial charge in [0.25, 0.3) is 0 Å². The number of para-hydroxylation sites is 1. The molecule has 0 saturated carbocycles. The Morgan fingerprint density at radius 3 is 2.37 bits per heavy atom. The van der Waals surface area contributed by atoms with E-state index >= 15 is 0 Å². The van der Waals surface area contributed by atoms with E-state index in [1.165, 1.54) is 10.6 Å². The van der Waals surface area contributed by atoms with Gasteiger partial charge in [-0.25, -0.2) is 23.5 Å². The van der Waals surface area contributed by atoms with Crippen LogP contribution in [0.3, 0.4) is 0 Å². The molecule has 1 fully saturated rings. The SMILES string of the molecule is CC(C)c1ccccc1-n1c(=O)nc(N2C[C@@H](C)N(C(=O)OC(C)(C)C)C[C@H]2C)c2cc(Cl)c(-c3ccccc3F)nc21. The monoisotopic (exact) mass is 605 g/mol. The lowest BCUT2D eigenvalue weighted by molar-refractivity contribution is 0.0130. The topological polar surface area (TPSA) is 80.6 Å². The first-order valence-corrected chi connectivity index (χ1v) is 14.9. The molecular weight excluding hydrogens is 569 g/mol. The second-order valence-corrected chi connectivity index (χ2v) is 12.8. The maximum atomic E-state index is 15.0. The highest BCUT2D eigenvalue weighted by Crippen LogP contribution is 2.36. The summed E-state index contributed by atoms with van der Waals surface area (Å²) in [6.07, 6.45) is -0.385. The second kappa shape index (κ2) is 11.6. The molecule has 1 amide bonds. The van der Waals surface area contributed by atoms with Crippen LogP contribution in [0.4, 0.5) is 15.0 Å². The van der Waals surface area contributed by atoms with Crippen molar-refractivity contribution in [2.45, 2.75) is 72.1 Å². The highest BCUT2D eigenvalue weighted by Gasteiger charge is 2.36. The molecular formula is C33H37ClFN5O3. The van der Waals surface area contributed by atoms with E-state index < -0.39 is 17.1 Å². The van der Waals surface area contributed by atoms with Crippen LogP contribution in [-0.2, 0) is 4.74 Å². The first-order chi connectivity index (χ1) is 20.3. The Hall–Kier alpha value is -3.98. The van der Waals surface area contributed by atoms with Gasteiger partial charge in [-0.05, 0) is 70.4 Å². The Balaban J connectivity index is 1.71. The maximum absolute atomic E-state index is 15.0. The van der Waals surface area contributed by atoms with Gasteiger partial charge >= 0.3 is 11.8 Å². The van der Waals surface area contributed by atoms with Gasteiger partial charge in [-0.3, -0.25) is 0 Å². The number of fused-ring (bicyclic) bond motifs is 1. The number of carbonyl (C=O) groups is 1. The number of anilines is 1. The summed E-state index contributed by atoms with van der Waals surface area (Å²) in [6.45, 7) is 14.3. The lowest BCUT2D eigenvalue weighted by Gasteiger charge is -2.44. The predicted molar refractivity (Wildman–Crippen MR) is 169 cm³/mol. The molecule has 1 aliphatic rings. The van der Waals surface area contributed by atoms with Crippen LogP contribution in [-0.4, -0.2) is 56.3 Å². The fraction of sp³-hybridized carbons (Fsp3) is 0.394. The van der Waals surface area contributed by atoms with Crippen molar-refractivity contribution in [2.24, 2.45) is 0 Å². The van der Waals surface area contributed by atoms with Crippen LogP contribution in [0.2, 0.25) is 5.02 Å². The van der Waals surface area contributed by atoms with E-state index in [4.69, 9.17) is 21.3 Å². The second-order valence-electron chi connectivity index (χ2n) is 12.4. The molecule has 0 bridgehead atoms. The molecule has 8 nitrogen and oxygen atoms in total. The number of ether oxygens (including phenoxy) is 1. The van der Waals surface area contributed by atoms with E-state index in [0.717, 1.165) is 5.56 Å². The van der Waals surface area contributed by atoms with E-state index in [2.05, 4.69) is 18.8 Å². The maximum Gasteiger partial charge on any atom is 0.410 e. The number of piperazine rings is 1. The molecule has 3 heterocycles. The number of nitrogens with zero attached hydrogens (tertiary/aromatic N) is 5. The van der Waals surface area contributed by atoms with Crippen LogP contribution in [0.1, 0.15) is 59.9 Å². The summed E-state index contributed by atoms with van der Waals surface area (Å²) < 4.78 is 22.1. The zero-order chi connectivity index (χ0) is 31.2. The Morgan fingerprint density at radius 2 is 1.70 bits per heavy atom. The van der Waals surface area contributed by atoms with Gasteiger partial charge in [-0.1, -0.05) is 55.8 Å². The van der Waals surface area contributed by atoms with Gasteiger partial charge in [0, 0.05) is 30.7 Å². The van der Waals surface area contributed by atoms with Crippen LogP contribution < -0.4 is 10.6 Å². The van der Waals surface area contributed by atoms with Crippen molar-refractivity contribution in [1.29, 1.82) is 0 Å². The van der Waals surface area contributed by atoms with E-state index in [1.807, 2.05) is 63.8 Å². The number of benzene rings is 2. The Morgan fingerprint density at radius 1 is 1.02 bits per heavy atom. The van der Waals surface area contributed by atoms with Gasteiger partial charge in [0.2, 0.25) is 0 Å². The number of aromatic nitrogens is 3. The summed E-state index contributed by atoms with van der Waals surface area (Å²) in [7, 11) is 0. The van der Waals surface area contributed by atoms with Crippen LogP contribution in [0, 0.1) is 5.82 Å². The molecule has 10 heteroatoms. The minimum Gasteiger partial charge on any atom is -0.444 e. The van der Waals surface area contributed by atoms with Crippen molar-refractivity contribution < 1.29 is 13.9 Å². The normalized spacial score (nSPS) is 17.5. The molecule has 1 aliphatic heterocycles. The average molecular weight is 606 g/mol. The lowest BCUT2D eigenvalue weighted by atomic mass is 10.0. The summed E-state index contributed by atoms with van der Waals surface area (Å²) in [5, 5.41) is 0.782. The molecule has 2 atom stereocenters. The third-order valence-corrected chi connectivity index (χ3v) is 7.90. The van der Waals surface area contributed by atoms with E-state index in [-0.39, 0.29) is 40.4 Å². The molecule has 226 valence electrons. The number of amides is 1. The smallest absolute Gasteiger partial charge is 0.410 e. The van der Waals surface area contributed by atoms with Gasteiger partial charge in [-0.2, -0.15) is 4.98 Å². The molecule has 0 radical (unpaired) electrons. The minimum absolute atomic E-state index is 0.109. The number of halogens is 2. The third-order valence-electron chi connectivity index (χ3n) is 7.62. The molecule has 0 N–H and O–H groups in total. The standard InChI is InChI=1S/C33H37ClFN5O3/c1-19(2)22-12-9-11-15-27(22)40-30-24(16-25(34)28(36-30)23-13-8-10-14-26(23)35)29(37-31(40)41)38-17-21(4)39(18-20(38)3)32(42)43-33(5,6)7/h8-16,19-21H,17-18H2,1-7H3/t20-,21-/m1/s1. The van der Waals surface area contributed by atoms with Crippen LogP contribution in [0.5, 0.6) is 0 Å². The molecule has 4 aromatic rings. The predicted octanol–water partition coefficient (Wildman–Crippen LogP) is 7.20. The van der Waals surface area contributed by atoms with Gasteiger partial charge in [0.05, 0.1) is 21.8 Å². The number of rotatable bonds is 4. The fourth-order valence-corrected chi connectivity index (χ4v) is 5.81. The van der Waals surface area contributed by atoms with Crippen molar-refractivity contribution in [1.82, 2.24) is 19.4 Å². The largest absolute Gasteiger partial charge is 0.444 e. The summed E-state index contributed by atoms with van der Waals surface area (Å²) in [6, 6.07) is 15.2. The molecule has 0 spiro atoms. The lowest BCUT2D eigenvalue weighted by Crippen LogP contribution is -2.59. The Labute approximate surface area is 256 Å². The van der Waals surface area contributed by atoms with Gasteiger partial charge in [-0.15, -0.1) is 0 Å². The van der Waals surface area contributed by atoms with Crippen molar-refractivity contribution in [3.8, 4) is 16.9 Å². The molecule has 1 saturated heterocycles. The summed E-state index contributed by atoms with van der Waals surface area (Å²) >= 11 is 6.80. The quantitative estimate of drug-likeness (QED) is 0.245. The van der Waals surface area contributed by atoms with Gasteiger partial charge in [0.1, 0.15) is 17.2 Å². The molecule has 5 rings (SSSR count). The average Bonchev–Trinajstić information content (AvgIpc) is 2.93. The van der Waals surface area contributed by atoms with Crippen molar-refractivity contribution in [3.63, 3.8) is 0 Å². The first kappa shape index (κ1) is 30.5. The molecule has 2 aromatic heterocycles. The summed E-state index contributed by atoms with van der Waals surface area (Å²) in [5.41, 5.74) is 1.24. The zero-order valence-electron chi connectivity index (χ0n) is 25.6. The van der Waals surface area contributed by atoms with Crippen LogP contribution >= 0.6 is 11.6 Å². The van der Waals surface area contributed by atoms with Gasteiger partial charge in [0.15, 0.2) is 5.65 Å². The zero-order valence-corrected chi connectivity index (χ0v) is 26.3. The van der Waals surface area contributed by atoms with Crippen molar-refractivity contribution >= 4 is 34.5 Å². The van der Waals surface area contributed by atoms with Crippen molar-refractivity contribution in [3.05, 3.63) is 81.5 Å². The Kier molecular flexibility index (Phi) is 8.22. The number of hydrogen-bond donors (Lipinski definition) is 0. The van der Waals surface area contributed by atoms with E-state index in [0.29, 0.717) is 35.6 Å². The number of carbonyl (C=O) groups excluding carboxylic acids is 1.